The summed E-state index contributed by atoms with van der Waals surface area (Å²) >= 11 is 0. The van der Waals surface area contributed by atoms with Crippen LogP contribution in [0.25, 0.3) is 0 Å². The first kappa shape index (κ1) is 56.0. The Morgan fingerprint density at radius 3 is 1.61 bits per heavy atom. The molecular weight excluding hydrogens is 731 g/mol. The van der Waals surface area contributed by atoms with Gasteiger partial charge in [0.25, 0.3) is 0 Å². The number of carbonyl (C=O) groups is 2. The smallest absolute Gasteiger partial charge is 0.306 e. The van der Waals surface area contributed by atoms with Gasteiger partial charge in [0.15, 0.2) is 0 Å². The van der Waals surface area contributed by atoms with Crippen LogP contribution in [-0.2, 0) is 14.3 Å². The predicted octanol–water partition coefficient (Wildman–Crippen LogP) is 14.4. The molecule has 0 heterocycles. The van der Waals surface area contributed by atoms with Crippen molar-refractivity contribution in [3.63, 3.8) is 0 Å². The highest BCUT2D eigenvalue weighted by molar-refractivity contribution is 5.77. The average Bonchev–Trinajstić information content (AvgIpc) is 3.23. The number of amides is 1. The first-order valence-corrected chi connectivity index (χ1v) is 24.4. The topological polar surface area (TPSA) is 95.9 Å². The number of rotatable bonds is 42. The Morgan fingerprint density at radius 1 is 0.525 bits per heavy atom. The van der Waals surface area contributed by atoms with Gasteiger partial charge in [0.05, 0.1) is 25.2 Å². The molecule has 0 aliphatic rings. The van der Waals surface area contributed by atoms with Crippen molar-refractivity contribution < 1.29 is 24.5 Å². The lowest BCUT2D eigenvalue weighted by molar-refractivity contribution is -0.151. The molecule has 338 valence electrons. The first-order valence-electron chi connectivity index (χ1n) is 24.4. The summed E-state index contributed by atoms with van der Waals surface area (Å²) in [6, 6.07) is -0.720. The Kier molecular flexibility index (Phi) is 43.8. The molecular formula is C53H91NO5. The molecule has 0 aliphatic carbocycles. The summed E-state index contributed by atoms with van der Waals surface area (Å²) in [6.07, 6.45) is 59.2. The molecule has 0 fully saturated rings. The lowest BCUT2D eigenvalue weighted by Crippen LogP contribution is -2.46. The zero-order valence-electron chi connectivity index (χ0n) is 38.4. The van der Waals surface area contributed by atoms with Crippen molar-refractivity contribution in [3.8, 4) is 0 Å². The molecule has 0 aromatic carbocycles. The third-order valence-corrected chi connectivity index (χ3v) is 10.6. The molecule has 0 aromatic rings. The van der Waals surface area contributed by atoms with Gasteiger partial charge in [0.2, 0.25) is 5.91 Å². The van der Waals surface area contributed by atoms with Crippen molar-refractivity contribution in [2.75, 3.05) is 6.61 Å². The maximum Gasteiger partial charge on any atom is 0.306 e. The second-order valence-electron chi connectivity index (χ2n) is 16.2. The molecule has 6 nitrogen and oxygen atoms in total. The Bertz CT molecular complexity index is 1150. The molecule has 0 saturated carbocycles. The third-order valence-electron chi connectivity index (χ3n) is 10.6. The summed E-state index contributed by atoms with van der Waals surface area (Å²) in [7, 11) is 0. The van der Waals surface area contributed by atoms with Gasteiger partial charge in [0.1, 0.15) is 6.10 Å². The largest absolute Gasteiger partial charge is 0.462 e. The number of ether oxygens (including phenoxy) is 1. The van der Waals surface area contributed by atoms with Gasteiger partial charge in [-0.15, -0.1) is 0 Å². The Morgan fingerprint density at radius 2 is 1.00 bits per heavy atom. The van der Waals surface area contributed by atoms with Gasteiger partial charge < -0.3 is 20.3 Å². The number of nitrogens with one attached hydrogen (secondary N) is 1. The lowest BCUT2D eigenvalue weighted by atomic mass is 10.0. The van der Waals surface area contributed by atoms with Crippen LogP contribution in [-0.4, -0.2) is 46.9 Å². The highest BCUT2D eigenvalue weighted by Crippen LogP contribution is 2.17. The Labute approximate surface area is 363 Å². The van der Waals surface area contributed by atoms with Crippen molar-refractivity contribution >= 4 is 11.9 Å². The first-order chi connectivity index (χ1) is 29.0. The van der Waals surface area contributed by atoms with Gasteiger partial charge in [-0.2, -0.15) is 0 Å². The maximum absolute atomic E-state index is 13.2. The number of unbranched alkanes of at least 4 members (excludes halogenated alkanes) is 19. The minimum Gasteiger partial charge on any atom is -0.462 e. The lowest BCUT2D eigenvalue weighted by Gasteiger charge is -2.24. The molecule has 0 saturated heterocycles. The van der Waals surface area contributed by atoms with Crippen LogP contribution in [0.1, 0.15) is 213 Å². The molecule has 0 bridgehead atoms. The number of carbonyl (C=O) groups excluding carboxylic acids is 2. The molecule has 0 rings (SSSR count). The standard InChI is InChI=1S/C53H91NO5/c1-4-7-10-13-16-19-22-24-25-26-28-31-34-37-40-43-46-53(58)59-49(44-41-38-35-32-30-27-23-20-17-14-11-8-5-2)47-52(57)54-50(48-55)51(56)45-42-39-36-33-29-21-18-15-12-9-6-3/h7-8,10-11,14,16-17,19-20,23-25,27,30,49-51,55-56H,4-6,9,12-13,15,18,21-22,26,28-29,31-48H2,1-3H3,(H,54,57)/b10-7+,11-8+,17-14+,19-16+,23-20+,25-24+,30-27-. The SMILES string of the molecule is CC/C=C/C=C/C=C/C=C\CCCCCC(CC(=O)NC(CO)C(O)CCCCCCCCCCCCC)OC(=O)CCCCCCCC/C=C/C/C=C/C/C=C/CC. The molecule has 3 atom stereocenters. The van der Waals surface area contributed by atoms with E-state index in [2.05, 4.69) is 86.8 Å². The van der Waals surface area contributed by atoms with Gasteiger partial charge in [-0.25, -0.2) is 0 Å². The van der Waals surface area contributed by atoms with Crippen LogP contribution in [0.4, 0.5) is 0 Å². The zero-order valence-corrected chi connectivity index (χ0v) is 38.4. The van der Waals surface area contributed by atoms with Crippen molar-refractivity contribution in [1.82, 2.24) is 5.32 Å². The van der Waals surface area contributed by atoms with E-state index in [4.69, 9.17) is 4.74 Å². The number of aliphatic hydroxyl groups is 2. The number of aliphatic hydroxyl groups excluding tert-OH is 2. The minimum absolute atomic E-state index is 0.0418. The van der Waals surface area contributed by atoms with E-state index in [9.17, 15) is 19.8 Å². The fourth-order valence-corrected chi connectivity index (χ4v) is 6.92. The van der Waals surface area contributed by atoms with E-state index in [-0.39, 0.29) is 24.9 Å². The summed E-state index contributed by atoms with van der Waals surface area (Å²) in [6.45, 7) is 6.20. The van der Waals surface area contributed by atoms with Crippen molar-refractivity contribution in [2.45, 2.75) is 232 Å². The minimum atomic E-state index is -0.804. The number of hydrogen-bond acceptors (Lipinski definition) is 5. The molecule has 59 heavy (non-hydrogen) atoms. The maximum atomic E-state index is 13.2. The van der Waals surface area contributed by atoms with E-state index in [1.165, 1.54) is 70.6 Å². The summed E-state index contributed by atoms with van der Waals surface area (Å²) in [4.78, 5) is 26.1. The second-order valence-corrected chi connectivity index (χ2v) is 16.2. The van der Waals surface area contributed by atoms with E-state index in [1.807, 2.05) is 24.3 Å². The highest BCUT2D eigenvalue weighted by atomic mass is 16.5. The summed E-state index contributed by atoms with van der Waals surface area (Å²) in [5.74, 6) is -0.535. The normalized spacial score (nSPS) is 14.1. The Hall–Kier alpha value is -2.96. The summed E-state index contributed by atoms with van der Waals surface area (Å²) < 4.78 is 5.90. The van der Waals surface area contributed by atoms with Crippen LogP contribution in [0.5, 0.6) is 0 Å². The molecule has 6 heteroatoms. The predicted molar refractivity (Wildman–Crippen MR) is 254 cm³/mol. The van der Waals surface area contributed by atoms with Gasteiger partial charge in [-0.05, 0) is 77.0 Å². The van der Waals surface area contributed by atoms with Crippen LogP contribution in [0.3, 0.4) is 0 Å². The summed E-state index contributed by atoms with van der Waals surface area (Å²) in [5.41, 5.74) is 0. The fraction of sp³-hybridized carbons (Fsp3) is 0.698. The number of hydrogen-bond donors (Lipinski definition) is 3. The van der Waals surface area contributed by atoms with Crippen LogP contribution >= 0.6 is 0 Å². The molecule has 3 unspecified atom stereocenters. The summed E-state index contributed by atoms with van der Waals surface area (Å²) in [5, 5.41) is 23.7. The molecule has 3 N–H and O–H groups in total. The highest BCUT2D eigenvalue weighted by Gasteiger charge is 2.24. The molecule has 0 radical (unpaired) electrons. The zero-order chi connectivity index (χ0) is 43.1. The fourth-order valence-electron chi connectivity index (χ4n) is 6.92. The second kappa shape index (κ2) is 46.1. The van der Waals surface area contributed by atoms with Crippen molar-refractivity contribution in [2.24, 2.45) is 0 Å². The van der Waals surface area contributed by atoms with Crippen LogP contribution in [0.2, 0.25) is 0 Å². The van der Waals surface area contributed by atoms with Gasteiger partial charge in [0, 0.05) is 6.42 Å². The average molecular weight is 822 g/mol. The third kappa shape index (κ3) is 41.6. The van der Waals surface area contributed by atoms with Crippen LogP contribution < -0.4 is 5.32 Å². The molecule has 0 aromatic heterocycles. The van der Waals surface area contributed by atoms with E-state index in [0.717, 1.165) is 96.3 Å². The van der Waals surface area contributed by atoms with E-state index in [0.29, 0.717) is 19.3 Å². The van der Waals surface area contributed by atoms with E-state index in [1.54, 1.807) is 0 Å². The molecule has 0 aliphatic heterocycles. The van der Waals surface area contributed by atoms with Gasteiger partial charge in [-0.3, -0.25) is 9.59 Å². The molecule has 0 spiro atoms. The van der Waals surface area contributed by atoms with Crippen molar-refractivity contribution in [3.05, 3.63) is 85.1 Å². The Balaban J connectivity index is 4.68. The quantitative estimate of drug-likeness (QED) is 0.0247. The van der Waals surface area contributed by atoms with E-state index < -0.39 is 18.2 Å². The van der Waals surface area contributed by atoms with E-state index >= 15 is 0 Å². The van der Waals surface area contributed by atoms with Crippen molar-refractivity contribution in [1.29, 1.82) is 0 Å². The van der Waals surface area contributed by atoms with Crippen LogP contribution in [0, 0.1) is 0 Å². The number of esters is 1. The molecule has 1 amide bonds. The van der Waals surface area contributed by atoms with Crippen LogP contribution in [0.15, 0.2) is 85.1 Å². The van der Waals surface area contributed by atoms with Gasteiger partial charge >= 0.3 is 5.97 Å². The monoisotopic (exact) mass is 822 g/mol. The number of allylic oxidation sites excluding steroid dienone is 14. The van der Waals surface area contributed by atoms with Gasteiger partial charge in [-0.1, -0.05) is 209 Å².